The summed E-state index contributed by atoms with van der Waals surface area (Å²) in [5.74, 6) is 1.74. The molecule has 0 aliphatic carbocycles. The minimum absolute atomic E-state index is 0.00950. The summed E-state index contributed by atoms with van der Waals surface area (Å²) >= 11 is 0. The fraction of sp³-hybridized carbons (Fsp3) is 0.618. The van der Waals surface area contributed by atoms with Gasteiger partial charge in [-0.2, -0.15) is 0 Å². The van der Waals surface area contributed by atoms with Crippen LogP contribution in [0, 0.1) is 5.41 Å². The number of ether oxygens (including phenoxy) is 1. The van der Waals surface area contributed by atoms with E-state index in [-0.39, 0.29) is 18.4 Å². The summed E-state index contributed by atoms with van der Waals surface area (Å²) < 4.78 is 7.15. The Kier molecular flexibility index (Phi) is 11.1. The van der Waals surface area contributed by atoms with Gasteiger partial charge in [0, 0.05) is 56.9 Å². The van der Waals surface area contributed by atoms with Crippen LogP contribution in [0.3, 0.4) is 0 Å². The van der Waals surface area contributed by atoms with Crippen molar-refractivity contribution in [1.29, 1.82) is 0 Å². The fourth-order valence-corrected chi connectivity index (χ4v) is 7.24. The second-order valence-electron chi connectivity index (χ2n) is 12.6. The highest BCUT2D eigenvalue weighted by molar-refractivity contribution is 5.72. The SMILES string of the molecule is CCC(CC)N1CCC2(CCN(CCCn3ccnc3CC(NCc3cccc(CC(=O)OC)c3)c3ncc[nH]3)C2)CC1. The van der Waals surface area contributed by atoms with E-state index in [2.05, 4.69) is 61.8 Å². The van der Waals surface area contributed by atoms with Crippen LogP contribution in [0.4, 0.5) is 0 Å². The van der Waals surface area contributed by atoms with Gasteiger partial charge in [-0.05, 0) is 81.2 Å². The molecule has 234 valence electrons. The quantitative estimate of drug-likeness (QED) is 0.247. The zero-order chi connectivity index (χ0) is 30.1. The highest BCUT2D eigenvalue weighted by Gasteiger charge is 2.40. The molecule has 9 heteroatoms. The maximum absolute atomic E-state index is 11.7. The number of hydrogen-bond acceptors (Lipinski definition) is 7. The van der Waals surface area contributed by atoms with Gasteiger partial charge in [0.25, 0.3) is 0 Å². The molecule has 2 aliphatic rings. The molecule has 2 aromatic heterocycles. The number of esters is 1. The van der Waals surface area contributed by atoms with E-state index >= 15 is 0 Å². The van der Waals surface area contributed by atoms with Crippen LogP contribution in [-0.4, -0.2) is 81.2 Å². The summed E-state index contributed by atoms with van der Waals surface area (Å²) in [5.41, 5.74) is 2.61. The summed E-state index contributed by atoms with van der Waals surface area (Å²) in [5, 5.41) is 3.67. The molecule has 4 heterocycles. The van der Waals surface area contributed by atoms with Crippen molar-refractivity contribution in [2.24, 2.45) is 5.41 Å². The first kappa shape index (κ1) is 31.4. The van der Waals surface area contributed by atoms with Gasteiger partial charge in [-0.3, -0.25) is 4.79 Å². The number of aromatic amines is 1. The van der Waals surface area contributed by atoms with E-state index in [0.717, 1.165) is 54.7 Å². The highest BCUT2D eigenvalue weighted by atomic mass is 16.5. The number of nitrogens with zero attached hydrogens (tertiary/aromatic N) is 5. The van der Waals surface area contributed by atoms with Gasteiger partial charge in [-0.1, -0.05) is 38.1 Å². The zero-order valence-corrected chi connectivity index (χ0v) is 26.4. The summed E-state index contributed by atoms with van der Waals surface area (Å²) in [7, 11) is 1.42. The Balaban J connectivity index is 1.12. The van der Waals surface area contributed by atoms with E-state index in [9.17, 15) is 4.79 Å². The van der Waals surface area contributed by atoms with Crippen LogP contribution in [-0.2, 0) is 35.5 Å². The van der Waals surface area contributed by atoms with Crippen LogP contribution in [0.1, 0.15) is 81.2 Å². The van der Waals surface area contributed by atoms with Gasteiger partial charge in [-0.25, -0.2) is 9.97 Å². The molecule has 0 bridgehead atoms. The molecule has 3 aromatic rings. The number of benzene rings is 1. The fourth-order valence-electron chi connectivity index (χ4n) is 7.24. The van der Waals surface area contributed by atoms with Crippen molar-refractivity contribution in [2.45, 2.75) is 90.4 Å². The topological polar surface area (TPSA) is 91.3 Å². The lowest BCUT2D eigenvalue weighted by Crippen LogP contribution is -2.45. The number of carbonyl (C=O) groups excluding carboxylic acids is 1. The Hall–Kier alpha value is -3.01. The molecular weight excluding hydrogens is 538 g/mol. The highest BCUT2D eigenvalue weighted by Crippen LogP contribution is 2.41. The second kappa shape index (κ2) is 15.1. The van der Waals surface area contributed by atoms with Crippen molar-refractivity contribution in [2.75, 3.05) is 39.8 Å². The van der Waals surface area contributed by atoms with E-state index in [1.807, 2.05) is 24.5 Å². The molecule has 1 aromatic carbocycles. The van der Waals surface area contributed by atoms with E-state index in [1.165, 1.54) is 65.4 Å². The molecule has 2 aliphatic heterocycles. The number of methoxy groups -OCH3 is 1. The molecule has 0 radical (unpaired) electrons. The van der Waals surface area contributed by atoms with Gasteiger partial charge in [-0.15, -0.1) is 0 Å². The monoisotopic (exact) mass is 589 g/mol. The molecule has 0 saturated carbocycles. The average molecular weight is 590 g/mol. The number of aryl methyl sites for hydroxylation is 1. The summed E-state index contributed by atoms with van der Waals surface area (Å²) in [6, 6.07) is 8.84. The van der Waals surface area contributed by atoms with E-state index in [0.29, 0.717) is 12.0 Å². The Labute approximate surface area is 257 Å². The van der Waals surface area contributed by atoms with Crippen LogP contribution >= 0.6 is 0 Å². The number of piperidine rings is 1. The molecular formula is C34H51N7O2. The molecule has 5 rings (SSSR count). The third kappa shape index (κ3) is 8.34. The normalized spacial score (nSPS) is 18.0. The van der Waals surface area contributed by atoms with Crippen molar-refractivity contribution in [1.82, 2.24) is 34.6 Å². The zero-order valence-electron chi connectivity index (χ0n) is 26.4. The Bertz CT molecular complexity index is 1260. The molecule has 1 spiro atoms. The van der Waals surface area contributed by atoms with Crippen LogP contribution in [0.5, 0.6) is 0 Å². The minimum Gasteiger partial charge on any atom is -0.469 e. The lowest BCUT2D eigenvalue weighted by atomic mass is 9.77. The van der Waals surface area contributed by atoms with Crippen molar-refractivity contribution in [3.8, 4) is 0 Å². The number of hydrogen-bond donors (Lipinski definition) is 2. The third-order valence-electron chi connectivity index (χ3n) is 9.87. The first-order chi connectivity index (χ1) is 21.0. The first-order valence-electron chi connectivity index (χ1n) is 16.3. The maximum Gasteiger partial charge on any atom is 0.309 e. The standard InChI is InChI=1S/C34H51N7O2/c1-4-29(5-2)40-19-11-34(12-20-40)10-18-39(26-34)16-7-17-41-21-15-35-31(41)24-30(33-36-13-14-37-33)38-25-28-9-6-8-27(22-28)23-32(42)43-3/h6,8-9,13-15,21-22,29-30,38H,4-5,7,10-12,16-20,23-26H2,1-3H3,(H,36,37). The number of imidazole rings is 2. The number of aromatic nitrogens is 4. The van der Waals surface area contributed by atoms with Gasteiger partial charge in [0.1, 0.15) is 11.6 Å². The molecule has 2 saturated heterocycles. The van der Waals surface area contributed by atoms with E-state index < -0.39 is 0 Å². The van der Waals surface area contributed by atoms with Gasteiger partial charge in [0.2, 0.25) is 0 Å². The molecule has 2 N–H and O–H groups in total. The van der Waals surface area contributed by atoms with Gasteiger partial charge in [0.05, 0.1) is 19.6 Å². The predicted molar refractivity (Wildman–Crippen MR) is 170 cm³/mol. The second-order valence-corrected chi connectivity index (χ2v) is 12.6. The Morgan fingerprint density at radius 1 is 1.07 bits per heavy atom. The molecule has 0 amide bonds. The van der Waals surface area contributed by atoms with Crippen molar-refractivity contribution in [3.05, 3.63) is 71.8 Å². The van der Waals surface area contributed by atoms with Gasteiger partial charge in [0.15, 0.2) is 0 Å². The smallest absolute Gasteiger partial charge is 0.309 e. The number of carbonyl (C=O) groups is 1. The predicted octanol–water partition coefficient (Wildman–Crippen LogP) is 4.76. The number of H-pyrrole nitrogens is 1. The summed E-state index contributed by atoms with van der Waals surface area (Å²) in [6.07, 6.45) is 16.5. The average Bonchev–Trinajstić information content (AvgIpc) is 3.80. The maximum atomic E-state index is 11.7. The van der Waals surface area contributed by atoms with Gasteiger partial charge < -0.3 is 29.4 Å². The number of rotatable bonds is 15. The Morgan fingerprint density at radius 3 is 2.60 bits per heavy atom. The van der Waals surface area contributed by atoms with Crippen LogP contribution in [0.2, 0.25) is 0 Å². The number of likely N-dealkylation sites (tertiary alicyclic amines) is 2. The van der Waals surface area contributed by atoms with Crippen molar-refractivity contribution in [3.63, 3.8) is 0 Å². The summed E-state index contributed by atoms with van der Waals surface area (Å²) in [4.78, 5) is 29.8. The van der Waals surface area contributed by atoms with Crippen LogP contribution in [0.25, 0.3) is 0 Å². The van der Waals surface area contributed by atoms with E-state index in [1.54, 1.807) is 6.20 Å². The van der Waals surface area contributed by atoms with Crippen LogP contribution < -0.4 is 5.32 Å². The Morgan fingerprint density at radius 2 is 1.86 bits per heavy atom. The lowest BCUT2D eigenvalue weighted by molar-refractivity contribution is -0.139. The van der Waals surface area contributed by atoms with Crippen molar-refractivity contribution < 1.29 is 9.53 Å². The lowest BCUT2D eigenvalue weighted by Gasteiger charge is -2.42. The molecule has 43 heavy (non-hydrogen) atoms. The van der Waals surface area contributed by atoms with E-state index in [4.69, 9.17) is 9.72 Å². The summed E-state index contributed by atoms with van der Waals surface area (Å²) in [6.45, 7) is 12.5. The largest absolute Gasteiger partial charge is 0.469 e. The number of nitrogens with one attached hydrogen (secondary N) is 2. The first-order valence-corrected chi connectivity index (χ1v) is 16.3. The third-order valence-corrected chi connectivity index (χ3v) is 9.87. The molecule has 1 atom stereocenters. The van der Waals surface area contributed by atoms with Crippen LogP contribution in [0.15, 0.2) is 49.1 Å². The molecule has 2 fully saturated rings. The van der Waals surface area contributed by atoms with Gasteiger partial charge >= 0.3 is 5.97 Å². The molecule has 1 unspecified atom stereocenters. The molecule has 9 nitrogen and oxygen atoms in total. The minimum atomic E-state index is -0.229. The van der Waals surface area contributed by atoms with Crippen molar-refractivity contribution >= 4 is 5.97 Å².